The van der Waals surface area contributed by atoms with Crippen LogP contribution in [0.2, 0.25) is 0 Å². The number of ether oxygens (including phenoxy) is 1. The van der Waals surface area contributed by atoms with E-state index in [4.69, 9.17) is 4.74 Å². The first-order valence-corrected chi connectivity index (χ1v) is 6.98. The van der Waals surface area contributed by atoms with Gasteiger partial charge in [0.15, 0.2) is 0 Å². The number of hydrogen-bond donors (Lipinski definition) is 2. The normalized spacial score (nSPS) is 10.3. The molecule has 2 N–H and O–H groups in total. The van der Waals surface area contributed by atoms with E-state index in [1.807, 2.05) is 0 Å². The molecule has 0 bridgehead atoms. The molecule has 0 fully saturated rings. The Morgan fingerprint density at radius 3 is 2.95 bits per heavy atom. The van der Waals surface area contributed by atoms with Gasteiger partial charge in [0, 0.05) is 26.1 Å². The van der Waals surface area contributed by atoms with Crippen LogP contribution in [-0.2, 0) is 16.0 Å². The van der Waals surface area contributed by atoms with Crippen LogP contribution in [0.5, 0.6) is 0 Å². The lowest BCUT2D eigenvalue weighted by molar-refractivity contribution is -0.119. The molecule has 6 nitrogen and oxygen atoms in total. The molecule has 0 spiro atoms. The third kappa shape index (κ3) is 6.49. The van der Waals surface area contributed by atoms with Crippen LogP contribution in [0.25, 0.3) is 0 Å². The highest BCUT2D eigenvalue weighted by atomic mass is 79.9. The molecule has 19 heavy (non-hydrogen) atoms. The first kappa shape index (κ1) is 15.8. The molecule has 1 aromatic heterocycles. The fourth-order valence-electron chi connectivity index (χ4n) is 1.42. The SMILES string of the molecule is CCCc1nc(Br)cc(NCC(=O)NCCOC)n1. The van der Waals surface area contributed by atoms with Crippen LogP contribution in [0, 0.1) is 0 Å². The number of amides is 1. The highest BCUT2D eigenvalue weighted by Gasteiger charge is 2.04. The zero-order valence-corrected chi connectivity index (χ0v) is 12.8. The fourth-order valence-corrected chi connectivity index (χ4v) is 1.84. The maximum absolute atomic E-state index is 11.5. The second kappa shape index (κ2) is 8.82. The fraction of sp³-hybridized carbons (Fsp3) is 0.583. The quantitative estimate of drug-likeness (QED) is 0.556. The standard InChI is InChI=1S/C12H19BrN4O2/c1-3-4-10-16-9(13)7-11(17-10)15-8-12(18)14-5-6-19-2/h7H,3-6,8H2,1-2H3,(H,14,18)(H,15,16,17). The van der Waals surface area contributed by atoms with Crippen molar-refractivity contribution in [2.24, 2.45) is 0 Å². The second-order valence-corrected chi connectivity index (χ2v) is 4.75. The number of carbonyl (C=O) groups excluding carboxylic acids is 1. The van der Waals surface area contributed by atoms with Crippen LogP contribution in [0.3, 0.4) is 0 Å². The van der Waals surface area contributed by atoms with E-state index in [9.17, 15) is 4.79 Å². The van der Waals surface area contributed by atoms with Crippen molar-refractivity contribution >= 4 is 27.7 Å². The molecular formula is C12H19BrN4O2. The maximum Gasteiger partial charge on any atom is 0.239 e. The van der Waals surface area contributed by atoms with Gasteiger partial charge in [-0.2, -0.15) is 0 Å². The Morgan fingerprint density at radius 1 is 1.47 bits per heavy atom. The molecule has 1 amide bonds. The van der Waals surface area contributed by atoms with E-state index in [0.717, 1.165) is 18.7 Å². The van der Waals surface area contributed by atoms with Crippen LogP contribution in [0.4, 0.5) is 5.82 Å². The van der Waals surface area contributed by atoms with Gasteiger partial charge >= 0.3 is 0 Å². The Kier molecular flexibility index (Phi) is 7.35. The summed E-state index contributed by atoms with van der Waals surface area (Å²) in [5, 5.41) is 5.70. The van der Waals surface area contributed by atoms with Crippen LogP contribution in [0.1, 0.15) is 19.2 Å². The number of nitrogens with one attached hydrogen (secondary N) is 2. The topological polar surface area (TPSA) is 76.1 Å². The van der Waals surface area contributed by atoms with Gasteiger partial charge in [-0.15, -0.1) is 0 Å². The highest BCUT2D eigenvalue weighted by molar-refractivity contribution is 9.10. The van der Waals surface area contributed by atoms with Gasteiger partial charge < -0.3 is 15.4 Å². The molecule has 0 saturated heterocycles. The summed E-state index contributed by atoms with van der Waals surface area (Å²) in [6.07, 6.45) is 1.79. The number of hydrogen-bond acceptors (Lipinski definition) is 5. The minimum Gasteiger partial charge on any atom is -0.383 e. The lowest BCUT2D eigenvalue weighted by Crippen LogP contribution is -2.32. The molecule has 0 aliphatic carbocycles. The zero-order chi connectivity index (χ0) is 14.1. The van der Waals surface area contributed by atoms with Crippen molar-refractivity contribution in [2.45, 2.75) is 19.8 Å². The van der Waals surface area contributed by atoms with Gasteiger partial charge in [0.2, 0.25) is 5.91 Å². The number of aromatic nitrogens is 2. The van der Waals surface area contributed by atoms with E-state index in [1.165, 1.54) is 0 Å². The summed E-state index contributed by atoms with van der Waals surface area (Å²) in [5.41, 5.74) is 0. The van der Waals surface area contributed by atoms with Crippen LogP contribution in [-0.4, -0.2) is 42.7 Å². The summed E-state index contributed by atoms with van der Waals surface area (Å²) >= 11 is 3.33. The summed E-state index contributed by atoms with van der Waals surface area (Å²) in [5.74, 6) is 1.32. The average molecular weight is 331 g/mol. The molecule has 0 aromatic carbocycles. The van der Waals surface area contributed by atoms with Crippen molar-refractivity contribution in [3.05, 3.63) is 16.5 Å². The van der Waals surface area contributed by atoms with Crippen molar-refractivity contribution in [3.8, 4) is 0 Å². The first-order chi connectivity index (χ1) is 9.15. The van der Waals surface area contributed by atoms with Crippen molar-refractivity contribution in [1.82, 2.24) is 15.3 Å². The summed E-state index contributed by atoms with van der Waals surface area (Å²) in [7, 11) is 1.60. The van der Waals surface area contributed by atoms with Crippen molar-refractivity contribution in [3.63, 3.8) is 0 Å². The molecule has 0 aliphatic heterocycles. The Morgan fingerprint density at radius 2 is 2.26 bits per heavy atom. The van der Waals surface area contributed by atoms with E-state index >= 15 is 0 Å². The Bertz CT molecular complexity index is 415. The molecule has 0 atom stereocenters. The number of anilines is 1. The lowest BCUT2D eigenvalue weighted by Gasteiger charge is -2.08. The third-order valence-corrected chi connectivity index (χ3v) is 2.68. The summed E-state index contributed by atoms with van der Waals surface area (Å²) in [4.78, 5) is 20.1. The van der Waals surface area contributed by atoms with Gasteiger partial charge in [-0.05, 0) is 22.4 Å². The molecule has 0 unspecified atom stereocenters. The molecule has 106 valence electrons. The van der Waals surface area contributed by atoms with E-state index in [-0.39, 0.29) is 12.5 Å². The zero-order valence-electron chi connectivity index (χ0n) is 11.2. The lowest BCUT2D eigenvalue weighted by atomic mass is 10.3. The maximum atomic E-state index is 11.5. The number of aryl methyl sites for hydroxylation is 1. The summed E-state index contributed by atoms with van der Waals surface area (Å²) in [6, 6.07) is 1.75. The molecule has 1 rings (SSSR count). The molecule has 0 radical (unpaired) electrons. The monoisotopic (exact) mass is 330 g/mol. The molecule has 7 heteroatoms. The predicted molar refractivity (Wildman–Crippen MR) is 77.1 cm³/mol. The minimum absolute atomic E-state index is 0.0937. The van der Waals surface area contributed by atoms with Gasteiger partial charge in [0.25, 0.3) is 0 Å². The molecular weight excluding hydrogens is 312 g/mol. The number of methoxy groups -OCH3 is 1. The van der Waals surface area contributed by atoms with Gasteiger partial charge in [0.05, 0.1) is 13.2 Å². The average Bonchev–Trinajstić information content (AvgIpc) is 2.36. The van der Waals surface area contributed by atoms with E-state index in [1.54, 1.807) is 13.2 Å². The van der Waals surface area contributed by atoms with Crippen LogP contribution >= 0.6 is 15.9 Å². The first-order valence-electron chi connectivity index (χ1n) is 6.18. The Labute approximate surface area is 121 Å². The Hall–Kier alpha value is -1.21. The third-order valence-electron chi connectivity index (χ3n) is 2.27. The summed E-state index contributed by atoms with van der Waals surface area (Å²) in [6.45, 7) is 3.26. The minimum atomic E-state index is -0.0937. The number of halogens is 1. The molecule has 1 aromatic rings. The highest BCUT2D eigenvalue weighted by Crippen LogP contribution is 2.12. The molecule has 0 saturated carbocycles. The Balaban J connectivity index is 2.45. The largest absolute Gasteiger partial charge is 0.383 e. The van der Waals surface area contributed by atoms with Gasteiger partial charge in [-0.3, -0.25) is 4.79 Å². The molecule has 0 aliphatic rings. The van der Waals surface area contributed by atoms with Crippen molar-refractivity contribution < 1.29 is 9.53 Å². The number of carbonyl (C=O) groups is 1. The van der Waals surface area contributed by atoms with E-state index in [2.05, 4.69) is 43.5 Å². The van der Waals surface area contributed by atoms with E-state index < -0.39 is 0 Å². The van der Waals surface area contributed by atoms with E-state index in [0.29, 0.717) is 23.6 Å². The smallest absolute Gasteiger partial charge is 0.239 e. The number of nitrogens with zero attached hydrogens (tertiary/aromatic N) is 2. The van der Waals surface area contributed by atoms with Gasteiger partial charge in [-0.1, -0.05) is 6.92 Å². The predicted octanol–water partition coefficient (Wildman–Crippen LogP) is 1.37. The van der Waals surface area contributed by atoms with Gasteiger partial charge in [-0.25, -0.2) is 9.97 Å². The van der Waals surface area contributed by atoms with Crippen molar-refractivity contribution in [2.75, 3.05) is 32.1 Å². The number of rotatable bonds is 8. The second-order valence-electron chi connectivity index (χ2n) is 3.94. The summed E-state index contributed by atoms with van der Waals surface area (Å²) < 4.78 is 5.57. The molecule has 1 heterocycles. The van der Waals surface area contributed by atoms with Crippen LogP contribution in [0.15, 0.2) is 10.7 Å². The van der Waals surface area contributed by atoms with Crippen LogP contribution < -0.4 is 10.6 Å². The van der Waals surface area contributed by atoms with Gasteiger partial charge in [0.1, 0.15) is 16.2 Å². The van der Waals surface area contributed by atoms with Crippen molar-refractivity contribution in [1.29, 1.82) is 0 Å².